The molecular weight excluding hydrogens is 1640 g/mol. The maximum atomic E-state index is 14.4. The number of benzene rings is 9. The smallest absolute Gasteiger partial charge is 0.155 e. The third-order valence-corrected chi connectivity index (χ3v) is 13.9. The van der Waals surface area contributed by atoms with E-state index < -0.39 is 0 Å². The number of aliphatic hydroxyl groups is 2. The molecule has 3 radical (unpaired) electrons. The van der Waals surface area contributed by atoms with Crippen molar-refractivity contribution in [2.45, 2.75) is 47.0 Å². The molecule has 4 aromatic heterocycles. The zero-order valence-electron chi connectivity index (χ0n) is 49.5. The summed E-state index contributed by atoms with van der Waals surface area (Å²) in [5, 5.41) is 27.4. The number of hydrogen-bond donors (Lipinski definition) is 2. The van der Waals surface area contributed by atoms with Crippen LogP contribution in [0.5, 0.6) is 0 Å². The van der Waals surface area contributed by atoms with Gasteiger partial charge in [0, 0.05) is 102 Å². The fourth-order valence-corrected chi connectivity index (χ4v) is 10.3. The van der Waals surface area contributed by atoms with Crippen LogP contribution in [0, 0.1) is 30.1 Å². The second kappa shape index (κ2) is 33.0. The van der Waals surface area contributed by atoms with Crippen molar-refractivity contribution in [1.29, 1.82) is 0 Å². The third kappa shape index (κ3) is 17.3. The number of allylic oxidation sites excluding steroid dienone is 4. The van der Waals surface area contributed by atoms with E-state index in [0.717, 1.165) is 66.9 Å². The second-order valence-electron chi connectivity index (χ2n) is 20.7. The number of aromatic nitrogens is 4. The van der Waals surface area contributed by atoms with Gasteiger partial charge in [-0.05, 0) is 118 Å². The van der Waals surface area contributed by atoms with Crippen molar-refractivity contribution in [2.75, 3.05) is 0 Å². The Labute approximate surface area is 559 Å². The Balaban J connectivity index is 0.000000175. The molecule has 0 unspecified atom stereocenters. The predicted molar refractivity (Wildman–Crippen MR) is 348 cm³/mol. The first kappa shape index (κ1) is 69.3. The molecule has 451 valence electrons. The molecule has 0 saturated heterocycles. The summed E-state index contributed by atoms with van der Waals surface area (Å²) >= 11 is 0. The maximum absolute atomic E-state index is 14.4. The van der Waals surface area contributed by atoms with Crippen molar-refractivity contribution in [3.05, 3.63) is 302 Å². The number of nitrogens with zero attached hydrogens (tertiary/aromatic N) is 4. The topological polar surface area (TPSA) is 126 Å². The first-order chi connectivity index (χ1) is 41.7. The minimum absolute atomic E-state index is 0. The molecule has 0 aliphatic heterocycles. The fraction of sp³-hybridized carbons (Fsp3) is 0.0909. The zero-order valence-corrected chi connectivity index (χ0v) is 56.7. The number of hydrogen-bond acceptors (Lipinski definition) is 8. The molecule has 0 amide bonds. The average molecular weight is 1700 g/mol. The number of rotatable bonds is 5. The summed E-state index contributed by atoms with van der Waals surface area (Å²) in [6.07, 6.45) is 7.77. The molecule has 8 nitrogen and oxygen atoms in total. The van der Waals surface area contributed by atoms with E-state index in [1.54, 1.807) is 12.3 Å². The van der Waals surface area contributed by atoms with Crippen LogP contribution in [0.25, 0.3) is 99.0 Å². The van der Waals surface area contributed by atoms with E-state index in [1.807, 2.05) is 128 Å². The van der Waals surface area contributed by atoms with Crippen LogP contribution >= 0.6 is 0 Å². The molecule has 0 bridgehead atoms. The molecule has 14 rings (SSSR count). The summed E-state index contributed by atoms with van der Waals surface area (Å²) in [4.78, 5) is 38.2. The summed E-state index contributed by atoms with van der Waals surface area (Å²) in [6, 6.07) is 85.4. The van der Waals surface area contributed by atoms with E-state index in [2.05, 4.69) is 144 Å². The molecule has 13 aromatic rings. The molecule has 89 heavy (non-hydrogen) atoms. The molecule has 12 heteroatoms. The number of para-hydroxylation sites is 1. The Morgan fingerprint density at radius 3 is 1.54 bits per heavy atom. The van der Waals surface area contributed by atoms with Crippen molar-refractivity contribution in [1.82, 2.24) is 19.9 Å². The number of carbonyl (C=O) groups is 2. The Kier molecular flexibility index (Phi) is 25.7. The average Bonchev–Trinajstić information content (AvgIpc) is 0.734. The predicted octanol–water partition coefficient (Wildman–Crippen LogP) is 18.8. The number of pyridine rings is 4. The van der Waals surface area contributed by atoms with Gasteiger partial charge in [0.15, 0.2) is 11.6 Å². The molecule has 1 aliphatic carbocycles. The van der Waals surface area contributed by atoms with Gasteiger partial charge in [-0.2, -0.15) is 0 Å². The van der Waals surface area contributed by atoms with Gasteiger partial charge in [0.25, 0.3) is 0 Å². The first-order valence-electron chi connectivity index (χ1n) is 27.9. The fourth-order valence-electron chi connectivity index (χ4n) is 10.3. The summed E-state index contributed by atoms with van der Waals surface area (Å²) in [6.45, 7) is 9.82. The van der Waals surface area contributed by atoms with Crippen molar-refractivity contribution in [3.63, 3.8) is 0 Å². The number of fused-ring (bicyclic) bond motifs is 7. The zero-order chi connectivity index (χ0) is 60.6. The van der Waals surface area contributed by atoms with E-state index in [9.17, 15) is 14.0 Å². The van der Waals surface area contributed by atoms with E-state index in [4.69, 9.17) is 15.2 Å². The minimum Gasteiger partial charge on any atom is -0.512 e. The van der Waals surface area contributed by atoms with Crippen LogP contribution in [0.1, 0.15) is 52.7 Å². The van der Waals surface area contributed by atoms with E-state index >= 15 is 0 Å². The van der Waals surface area contributed by atoms with Gasteiger partial charge in [0.05, 0.1) is 17.0 Å². The molecule has 0 fully saturated rings. The number of aliphatic hydroxyl groups excluding tert-OH is 2. The monoisotopic (exact) mass is 1700 g/mol. The van der Waals surface area contributed by atoms with Gasteiger partial charge in [0.1, 0.15) is 0 Å². The van der Waals surface area contributed by atoms with E-state index in [-0.39, 0.29) is 94.6 Å². The molecule has 2 N–H and O–H groups in total. The van der Waals surface area contributed by atoms with Gasteiger partial charge < -0.3 is 25.2 Å². The van der Waals surface area contributed by atoms with Gasteiger partial charge in [-0.3, -0.25) is 14.6 Å². The van der Waals surface area contributed by atoms with Crippen molar-refractivity contribution < 1.29 is 84.5 Å². The van der Waals surface area contributed by atoms with Crippen LogP contribution in [-0.2, 0) is 75.3 Å². The molecule has 0 spiro atoms. The standard InChI is InChI=1S/C19H12N.C18H13FN.2C15H10N.2C5H8O2.3Ir/c1-2-8-14(9-3-1)19-17-12-5-4-10-15(17)16-11-6-7-13-18(16)20-19;1-18(2)13-7-3-5-11-9-10-20-17(15(11)13)12-6-4-8-14(19)16(12)18;1-2-8-13-12(6-1)7-5-9-14(13)15-10-3-4-11-16-15;1-2-7-13(8-3-1)15-14-9-5-4-6-12(14)10-11-16-15;2*1-4(6)3-5(2)7;;;/h1-8,10-13H;3-5,7-10H,1-2H3;1-8,10-11H;1-7,9-11H;2*3,6H,1-2H3;;;/q4*-1;;;;;. The van der Waals surface area contributed by atoms with E-state index in [1.165, 1.54) is 83.6 Å². The quantitative estimate of drug-likeness (QED) is 0.0755. The van der Waals surface area contributed by atoms with Crippen LogP contribution in [0.2, 0.25) is 0 Å². The molecule has 1 aliphatic rings. The summed E-state index contributed by atoms with van der Waals surface area (Å²) in [5.41, 5.74) is 10.2. The summed E-state index contributed by atoms with van der Waals surface area (Å²) in [7, 11) is 0. The first-order valence-corrected chi connectivity index (χ1v) is 27.9. The Hall–Kier alpha value is -8.82. The van der Waals surface area contributed by atoms with Gasteiger partial charge in [-0.25, -0.2) is 4.39 Å². The Morgan fingerprint density at radius 2 is 0.944 bits per heavy atom. The molecule has 4 heterocycles. The van der Waals surface area contributed by atoms with Gasteiger partial charge in [-0.1, -0.05) is 146 Å². The summed E-state index contributed by atoms with van der Waals surface area (Å²) in [5.74, 6) is -0.308. The number of halogens is 1. The number of carbonyl (C=O) groups excluding carboxylic acids is 2. The van der Waals surface area contributed by atoms with Crippen molar-refractivity contribution >= 4 is 65.6 Å². The molecule has 0 saturated carbocycles. The maximum Gasteiger partial charge on any atom is 0.155 e. The van der Waals surface area contributed by atoms with Crippen LogP contribution < -0.4 is 0 Å². The largest absolute Gasteiger partial charge is 0.512 e. The minimum atomic E-state index is -0.382. The molecule has 9 aromatic carbocycles. The van der Waals surface area contributed by atoms with E-state index in [0.29, 0.717) is 5.56 Å². The normalized spacial score (nSPS) is 11.4. The van der Waals surface area contributed by atoms with Gasteiger partial charge in [0.2, 0.25) is 0 Å². The Morgan fingerprint density at radius 1 is 0.438 bits per heavy atom. The summed E-state index contributed by atoms with van der Waals surface area (Å²) < 4.78 is 14.4. The van der Waals surface area contributed by atoms with Crippen molar-refractivity contribution in [2.24, 2.45) is 0 Å². The second-order valence-corrected chi connectivity index (χ2v) is 20.7. The number of ketones is 2. The van der Waals surface area contributed by atoms with Crippen LogP contribution in [0.4, 0.5) is 4.39 Å². The van der Waals surface area contributed by atoms with Gasteiger partial charge >= 0.3 is 0 Å². The SMILES string of the molecule is CC(=O)C=C(C)O.CC(=O)C=C(C)O.CC1(C)c2c([c-]ccc2F)-c2nccc3cccc1c23.[Ir].[Ir].[Ir].[c-]1ccc2ccccc2c1-c1ccccn1.[c-]1ccccc1-c1nc2ccccc2c2ccccc12.[c-]1ccccc1-c1nccc2ccccc12. The molecule has 0 atom stereocenters. The molecular formula is C77H61FIr3N4O4-4. The van der Waals surface area contributed by atoms with Crippen LogP contribution in [0.3, 0.4) is 0 Å². The third-order valence-electron chi connectivity index (χ3n) is 13.9. The van der Waals surface area contributed by atoms with Crippen molar-refractivity contribution in [3.8, 4) is 45.0 Å². The van der Waals surface area contributed by atoms with Gasteiger partial charge in [-0.15, -0.1) is 125 Å². The van der Waals surface area contributed by atoms with Crippen LogP contribution in [-0.4, -0.2) is 41.7 Å². The van der Waals surface area contributed by atoms with Crippen LogP contribution in [0.15, 0.2) is 261 Å². The Bertz CT molecular complexity index is 4420.